The van der Waals surface area contributed by atoms with E-state index in [1.54, 1.807) is 18.3 Å². The number of sulfone groups is 1. The highest BCUT2D eigenvalue weighted by Gasteiger charge is 2.11. The van der Waals surface area contributed by atoms with Crippen LogP contribution in [0.15, 0.2) is 71.9 Å². The number of benzene rings is 2. The molecule has 0 aliphatic heterocycles. The van der Waals surface area contributed by atoms with Crippen LogP contribution in [0.1, 0.15) is 16.7 Å². The number of aryl methyl sites for hydroxylation is 1. The Morgan fingerprint density at radius 1 is 1.00 bits per heavy atom. The fourth-order valence-electron chi connectivity index (χ4n) is 3.37. The van der Waals surface area contributed by atoms with E-state index in [-0.39, 0.29) is 0 Å². The Morgan fingerprint density at radius 2 is 1.74 bits per heavy atom. The third-order valence-corrected chi connectivity index (χ3v) is 5.96. The van der Waals surface area contributed by atoms with Crippen LogP contribution in [-0.4, -0.2) is 24.6 Å². The van der Waals surface area contributed by atoms with Gasteiger partial charge >= 0.3 is 0 Å². The van der Waals surface area contributed by atoms with E-state index in [9.17, 15) is 8.42 Å². The van der Waals surface area contributed by atoms with E-state index in [0.717, 1.165) is 28.8 Å². The Kier molecular flexibility index (Phi) is 4.32. The number of aromatic amines is 1. The highest BCUT2D eigenvalue weighted by atomic mass is 32.2. The summed E-state index contributed by atoms with van der Waals surface area (Å²) in [6.45, 7) is 2.12. The first kappa shape index (κ1) is 17.5. The predicted molar refractivity (Wildman–Crippen MR) is 109 cm³/mol. The Morgan fingerprint density at radius 3 is 2.41 bits per heavy atom. The van der Waals surface area contributed by atoms with Gasteiger partial charge in [-0.05, 0) is 66.4 Å². The van der Waals surface area contributed by atoms with Gasteiger partial charge in [0.25, 0.3) is 0 Å². The van der Waals surface area contributed by atoms with Gasteiger partial charge in [0.15, 0.2) is 9.84 Å². The summed E-state index contributed by atoms with van der Waals surface area (Å²) in [5, 5.41) is 1.19. The molecular weight excluding hydrogens is 356 g/mol. The fraction of sp³-hybridized carbons (Fsp3) is 0.136. The van der Waals surface area contributed by atoms with Gasteiger partial charge in [-0.1, -0.05) is 18.2 Å². The summed E-state index contributed by atoms with van der Waals surface area (Å²) < 4.78 is 23.2. The molecule has 4 rings (SSSR count). The van der Waals surface area contributed by atoms with Crippen LogP contribution in [0.3, 0.4) is 0 Å². The summed E-state index contributed by atoms with van der Waals surface area (Å²) in [5.41, 5.74) is 6.74. The molecule has 5 heteroatoms. The topological polar surface area (TPSA) is 62.8 Å². The van der Waals surface area contributed by atoms with Crippen LogP contribution in [0, 0.1) is 6.92 Å². The zero-order valence-electron chi connectivity index (χ0n) is 15.2. The van der Waals surface area contributed by atoms with Gasteiger partial charge in [-0.15, -0.1) is 0 Å². The Bertz CT molecular complexity index is 1210. The van der Waals surface area contributed by atoms with Crippen molar-refractivity contribution in [2.24, 2.45) is 0 Å². The number of hydrogen-bond donors (Lipinski definition) is 1. The molecule has 0 saturated heterocycles. The molecule has 0 aliphatic carbocycles. The van der Waals surface area contributed by atoms with Crippen molar-refractivity contribution in [1.82, 2.24) is 9.97 Å². The largest absolute Gasteiger partial charge is 0.354 e. The standard InChI is InChI=1S/C22H20N2O2S/c1-15-20-13-17(12-16-5-8-19(9-6-16)27(2,25)26)7-10-21(20)24-22(15)18-4-3-11-23-14-18/h3-11,13-14,24H,12H2,1-2H3. The van der Waals surface area contributed by atoms with Crippen LogP contribution in [-0.2, 0) is 16.3 Å². The molecule has 136 valence electrons. The monoisotopic (exact) mass is 376 g/mol. The highest BCUT2D eigenvalue weighted by Crippen LogP contribution is 2.30. The summed E-state index contributed by atoms with van der Waals surface area (Å²) in [6.07, 6.45) is 5.62. The first-order valence-electron chi connectivity index (χ1n) is 8.72. The van der Waals surface area contributed by atoms with Crippen LogP contribution < -0.4 is 0 Å². The maximum atomic E-state index is 11.6. The zero-order chi connectivity index (χ0) is 19.0. The van der Waals surface area contributed by atoms with Crippen molar-refractivity contribution in [2.75, 3.05) is 6.26 Å². The van der Waals surface area contributed by atoms with E-state index in [1.807, 2.05) is 24.4 Å². The second-order valence-electron chi connectivity index (χ2n) is 6.84. The molecule has 4 nitrogen and oxygen atoms in total. The molecule has 0 fully saturated rings. The van der Waals surface area contributed by atoms with E-state index >= 15 is 0 Å². The molecule has 2 heterocycles. The van der Waals surface area contributed by atoms with Gasteiger partial charge in [0.2, 0.25) is 0 Å². The van der Waals surface area contributed by atoms with Gasteiger partial charge in [0, 0.05) is 35.1 Å². The molecular formula is C22H20N2O2S. The summed E-state index contributed by atoms with van der Waals surface area (Å²) in [5.74, 6) is 0. The van der Waals surface area contributed by atoms with Crippen LogP contribution in [0.4, 0.5) is 0 Å². The van der Waals surface area contributed by atoms with Crippen LogP contribution in [0.2, 0.25) is 0 Å². The first-order chi connectivity index (χ1) is 12.9. The molecule has 0 amide bonds. The van der Waals surface area contributed by atoms with Crippen molar-refractivity contribution in [3.8, 4) is 11.3 Å². The van der Waals surface area contributed by atoms with E-state index in [4.69, 9.17) is 0 Å². The number of H-pyrrole nitrogens is 1. The number of hydrogen-bond acceptors (Lipinski definition) is 3. The maximum absolute atomic E-state index is 11.6. The average Bonchev–Trinajstić information content (AvgIpc) is 2.99. The second kappa shape index (κ2) is 6.67. The SMILES string of the molecule is Cc1c(-c2cccnc2)[nH]c2ccc(Cc3ccc(S(C)(=O)=O)cc3)cc12. The number of nitrogens with zero attached hydrogens (tertiary/aromatic N) is 1. The Balaban J connectivity index is 1.67. The molecule has 0 bridgehead atoms. The molecule has 2 aromatic heterocycles. The fourth-order valence-corrected chi connectivity index (χ4v) is 4.00. The van der Waals surface area contributed by atoms with E-state index in [0.29, 0.717) is 4.90 Å². The van der Waals surface area contributed by atoms with Gasteiger partial charge in [0.05, 0.1) is 10.6 Å². The molecule has 4 aromatic rings. The summed E-state index contributed by atoms with van der Waals surface area (Å²) in [6, 6.07) is 17.5. The van der Waals surface area contributed by atoms with Crippen molar-refractivity contribution in [2.45, 2.75) is 18.2 Å². The lowest BCUT2D eigenvalue weighted by Crippen LogP contribution is -1.97. The molecule has 0 spiro atoms. The third kappa shape index (κ3) is 3.51. The normalized spacial score (nSPS) is 11.8. The Hall–Kier alpha value is -2.92. The van der Waals surface area contributed by atoms with Gasteiger partial charge in [0.1, 0.15) is 0 Å². The minimum absolute atomic E-state index is 0.351. The lowest BCUT2D eigenvalue weighted by Gasteiger charge is -2.04. The smallest absolute Gasteiger partial charge is 0.175 e. The van der Waals surface area contributed by atoms with Crippen molar-refractivity contribution in [1.29, 1.82) is 0 Å². The van der Waals surface area contributed by atoms with Gasteiger partial charge < -0.3 is 4.98 Å². The van der Waals surface area contributed by atoms with Gasteiger partial charge in [-0.2, -0.15) is 0 Å². The molecule has 0 unspecified atom stereocenters. The number of rotatable bonds is 4. The zero-order valence-corrected chi connectivity index (χ0v) is 16.0. The number of aromatic nitrogens is 2. The van der Waals surface area contributed by atoms with E-state index < -0.39 is 9.84 Å². The second-order valence-corrected chi connectivity index (χ2v) is 8.86. The first-order valence-corrected chi connectivity index (χ1v) is 10.6. The molecule has 0 atom stereocenters. The minimum atomic E-state index is -3.16. The summed E-state index contributed by atoms with van der Waals surface area (Å²) >= 11 is 0. The quantitative estimate of drug-likeness (QED) is 0.569. The maximum Gasteiger partial charge on any atom is 0.175 e. The number of pyridine rings is 1. The van der Waals surface area contributed by atoms with Crippen molar-refractivity contribution in [3.05, 3.63) is 83.7 Å². The van der Waals surface area contributed by atoms with Crippen LogP contribution in [0.5, 0.6) is 0 Å². The van der Waals surface area contributed by atoms with Crippen molar-refractivity contribution >= 4 is 20.7 Å². The minimum Gasteiger partial charge on any atom is -0.354 e. The highest BCUT2D eigenvalue weighted by molar-refractivity contribution is 7.90. The van der Waals surface area contributed by atoms with Crippen molar-refractivity contribution in [3.63, 3.8) is 0 Å². The van der Waals surface area contributed by atoms with E-state index in [2.05, 4.69) is 41.2 Å². The molecule has 0 radical (unpaired) electrons. The van der Waals surface area contributed by atoms with Crippen LogP contribution >= 0.6 is 0 Å². The van der Waals surface area contributed by atoms with Crippen LogP contribution in [0.25, 0.3) is 22.2 Å². The van der Waals surface area contributed by atoms with Gasteiger partial charge in [-0.3, -0.25) is 4.98 Å². The van der Waals surface area contributed by atoms with E-state index in [1.165, 1.54) is 22.8 Å². The molecule has 0 aliphatic rings. The number of fused-ring (bicyclic) bond motifs is 1. The third-order valence-electron chi connectivity index (χ3n) is 4.83. The van der Waals surface area contributed by atoms with Crippen molar-refractivity contribution < 1.29 is 8.42 Å². The lowest BCUT2D eigenvalue weighted by atomic mass is 10.0. The molecule has 0 saturated carbocycles. The lowest BCUT2D eigenvalue weighted by molar-refractivity contribution is 0.602. The molecule has 27 heavy (non-hydrogen) atoms. The number of nitrogens with one attached hydrogen (secondary N) is 1. The predicted octanol–water partition coefficient (Wildman–Crippen LogP) is 4.53. The Labute approximate surface area is 158 Å². The average molecular weight is 376 g/mol. The molecule has 2 aromatic carbocycles. The summed E-state index contributed by atoms with van der Waals surface area (Å²) in [7, 11) is -3.16. The van der Waals surface area contributed by atoms with Gasteiger partial charge in [-0.25, -0.2) is 8.42 Å². The summed E-state index contributed by atoms with van der Waals surface area (Å²) in [4.78, 5) is 8.05. The molecule has 1 N–H and O–H groups in total.